The van der Waals surface area contributed by atoms with E-state index in [-0.39, 0.29) is 11.5 Å². The minimum absolute atomic E-state index is 0.156. The van der Waals surface area contributed by atoms with Crippen LogP contribution < -0.4 is 0 Å². The van der Waals surface area contributed by atoms with E-state index in [1.54, 1.807) is 30.5 Å². The van der Waals surface area contributed by atoms with Crippen LogP contribution in [0, 0.1) is 11.3 Å². The van der Waals surface area contributed by atoms with Gasteiger partial charge in [-0.15, -0.1) is 0 Å². The number of hydrogen-bond acceptors (Lipinski definition) is 6. The van der Waals surface area contributed by atoms with Gasteiger partial charge in [0.05, 0.1) is 27.9 Å². The topological polar surface area (TPSA) is 95.7 Å². The fourth-order valence-electron chi connectivity index (χ4n) is 2.67. The van der Waals surface area contributed by atoms with E-state index >= 15 is 0 Å². The lowest BCUT2D eigenvalue weighted by molar-refractivity contribution is 0.125. The summed E-state index contributed by atoms with van der Waals surface area (Å²) >= 11 is 5.90. The molecule has 9 heteroatoms. The normalized spacial score (nSPS) is 15.2. The zero-order valence-corrected chi connectivity index (χ0v) is 15.9. The molecule has 0 amide bonds. The maximum Gasteiger partial charge on any atom is 0.243 e. The highest BCUT2D eigenvalue weighted by atomic mass is 35.5. The molecule has 0 unspecified atom stereocenters. The van der Waals surface area contributed by atoms with Gasteiger partial charge in [0.15, 0.2) is 6.61 Å². The molecule has 0 saturated carbocycles. The van der Waals surface area contributed by atoms with E-state index in [4.69, 9.17) is 21.7 Å². The Morgan fingerprint density at radius 3 is 2.74 bits per heavy atom. The van der Waals surface area contributed by atoms with Crippen molar-refractivity contribution in [3.05, 3.63) is 58.9 Å². The van der Waals surface area contributed by atoms with Crippen LogP contribution in [0.4, 0.5) is 0 Å². The molecule has 2 heterocycles. The number of oxime groups is 1. The lowest BCUT2D eigenvalue weighted by atomic mass is 10.1. The van der Waals surface area contributed by atoms with Gasteiger partial charge in [0.2, 0.25) is 10.0 Å². The number of rotatable bonds is 5. The van der Waals surface area contributed by atoms with Crippen molar-refractivity contribution in [2.24, 2.45) is 5.16 Å². The van der Waals surface area contributed by atoms with Crippen LogP contribution in [0.3, 0.4) is 0 Å². The van der Waals surface area contributed by atoms with Gasteiger partial charge in [-0.05, 0) is 30.3 Å². The third-order valence-electron chi connectivity index (χ3n) is 4.09. The number of piperidine rings is 1. The van der Waals surface area contributed by atoms with Crippen molar-refractivity contribution in [1.29, 1.82) is 5.26 Å². The summed E-state index contributed by atoms with van der Waals surface area (Å²) in [5.41, 5.74) is 1.92. The van der Waals surface area contributed by atoms with Crippen LogP contribution in [0.5, 0.6) is 0 Å². The lowest BCUT2D eigenvalue weighted by Crippen LogP contribution is -2.38. The van der Waals surface area contributed by atoms with Crippen LogP contribution in [-0.2, 0) is 21.5 Å². The highest BCUT2D eigenvalue weighted by molar-refractivity contribution is 7.89. The molecule has 1 aliphatic rings. The molecule has 1 saturated heterocycles. The Bertz CT molecular complexity index is 992. The molecule has 2 aromatic rings. The summed E-state index contributed by atoms with van der Waals surface area (Å²) in [6.07, 6.45) is 2.53. The number of nitrogens with zero attached hydrogens (tertiary/aromatic N) is 4. The van der Waals surface area contributed by atoms with E-state index in [0.717, 1.165) is 5.71 Å². The maximum atomic E-state index is 12.7. The summed E-state index contributed by atoms with van der Waals surface area (Å²) < 4.78 is 26.8. The van der Waals surface area contributed by atoms with Crippen molar-refractivity contribution in [2.75, 3.05) is 13.1 Å². The summed E-state index contributed by atoms with van der Waals surface area (Å²) in [5, 5.41) is 13.3. The molecule has 0 spiro atoms. The van der Waals surface area contributed by atoms with Crippen LogP contribution >= 0.6 is 11.6 Å². The number of nitriles is 1. The summed E-state index contributed by atoms with van der Waals surface area (Å²) in [7, 11) is -3.57. The van der Waals surface area contributed by atoms with Gasteiger partial charge in [0.25, 0.3) is 0 Å². The van der Waals surface area contributed by atoms with Gasteiger partial charge in [-0.3, -0.25) is 4.98 Å². The Morgan fingerprint density at radius 2 is 2.04 bits per heavy atom. The first-order valence-corrected chi connectivity index (χ1v) is 10.1. The van der Waals surface area contributed by atoms with Gasteiger partial charge < -0.3 is 4.84 Å². The SMILES string of the molecule is N#Cc1ccnc(CON=C2CCN(S(=O)(=O)c3cccc(Cl)c3)CC2)c1. The van der Waals surface area contributed by atoms with Gasteiger partial charge in [0.1, 0.15) is 0 Å². The molecule has 0 N–H and O–H groups in total. The van der Waals surface area contributed by atoms with Gasteiger partial charge >= 0.3 is 0 Å². The number of aromatic nitrogens is 1. The Labute approximate surface area is 162 Å². The van der Waals surface area contributed by atoms with Gasteiger partial charge in [-0.1, -0.05) is 22.8 Å². The third-order valence-corrected chi connectivity index (χ3v) is 6.21. The zero-order valence-electron chi connectivity index (χ0n) is 14.4. The van der Waals surface area contributed by atoms with Crippen LogP contribution in [0.15, 0.2) is 52.6 Å². The van der Waals surface area contributed by atoms with Gasteiger partial charge in [-0.25, -0.2) is 8.42 Å². The van der Waals surface area contributed by atoms with Crippen molar-refractivity contribution in [3.63, 3.8) is 0 Å². The second-order valence-corrected chi connectivity index (χ2v) is 8.31. The molecule has 140 valence electrons. The monoisotopic (exact) mass is 404 g/mol. The van der Waals surface area contributed by atoms with E-state index in [1.807, 2.05) is 6.07 Å². The largest absolute Gasteiger partial charge is 0.389 e. The number of pyridine rings is 1. The van der Waals surface area contributed by atoms with Crippen LogP contribution in [-0.4, -0.2) is 36.5 Å². The average Bonchev–Trinajstić information content (AvgIpc) is 2.68. The smallest absolute Gasteiger partial charge is 0.243 e. The minimum Gasteiger partial charge on any atom is -0.389 e. The molecule has 0 aliphatic carbocycles. The minimum atomic E-state index is -3.57. The van der Waals surface area contributed by atoms with E-state index in [2.05, 4.69) is 10.1 Å². The van der Waals surface area contributed by atoms with E-state index in [1.165, 1.54) is 16.4 Å². The van der Waals surface area contributed by atoms with Crippen molar-refractivity contribution < 1.29 is 13.3 Å². The average molecular weight is 405 g/mol. The first-order chi connectivity index (χ1) is 13.0. The molecule has 27 heavy (non-hydrogen) atoms. The molecule has 0 atom stereocenters. The Kier molecular flexibility index (Phi) is 6.06. The van der Waals surface area contributed by atoms with Crippen molar-refractivity contribution in [1.82, 2.24) is 9.29 Å². The summed E-state index contributed by atoms with van der Waals surface area (Å²) in [6, 6.07) is 11.5. The van der Waals surface area contributed by atoms with Crippen LogP contribution in [0.2, 0.25) is 5.02 Å². The molecule has 1 aromatic carbocycles. The summed E-state index contributed by atoms with van der Waals surface area (Å²) in [6.45, 7) is 0.821. The van der Waals surface area contributed by atoms with Crippen molar-refractivity contribution >= 4 is 27.3 Å². The first kappa shape index (κ1) is 19.3. The molecule has 7 nitrogen and oxygen atoms in total. The molecular formula is C18H17ClN4O3S. The molecule has 3 rings (SSSR count). The Balaban J connectivity index is 1.57. The number of sulfonamides is 1. The highest BCUT2D eigenvalue weighted by Gasteiger charge is 2.28. The van der Waals surface area contributed by atoms with Crippen LogP contribution in [0.25, 0.3) is 0 Å². The summed E-state index contributed by atoms with van der Waals surface area (Å²) in [5.74, 6) is 0. The predicted molar refractivity (Wildman–Crippen MR) is 101 cm³/mol. The number of benzene rings is 1. The zero-order chi connectivity index (χ0) is 19.3. The van der Waals surface area contributed by atoms with Crippen LogP contribution in [0.1, 0.15) is 24.1 Å². The second kappa shape index (κ2) is 8.48. The fourth-order valence-corrected chi connectivity index (χ4v) is 4.41. The number of halogens is 1. The van der Waals surface area contributed by atoms with Crippen molar-refractivity contribution in [2.45, 2.75) is 24.3 Å². The quantitative estimate of drug-likeness (QED) is 0.714. The predicted octanol–water partition coefficient (Wildman–Crippen LogP) is 2.96. The summed E-state index contributed by atoms with van der Waals surface area (Å²) in [4.78, 5) is 9.61. The lowest BCUT2D eigenvalue weighted by Gasteiger charge is -2.26. The second-order valence-electron chi connectivity index (χ2n) is 5.94. The highest BCUT2D eigenvalue weighted by Crippen LogP contribution is 2.22. The Morgan fingerprint density at radius 1 is 1.26 bits per heavy atom. The third kappa shape index (κ3) is 4.83. The van der Waals surface area contributed by atoms with E-state index in [0.29, 0.717) is 42.2 Å². The first-order valence-electron chi connectivity index (χ1n) is 8.27. The molecule has 1 aromatic heterocycles. The fraction of sp³-hybridized carbons (Fsp3) is 0.278. The molecule has 1 fully saturated rings. The molecule has 0 radical (unpaired) electrons. The standard InChI is InChI=1S/C18H17ClN4O3S/c19-15-2-1-3-18(11-15)27(24,25)23-8-5-16(6-9-23)22-26-13-17-10-14(12-20)4-7-21-17/h1-4,7,10-11H,5-6,8-9,13H2. The van der Waals surface area contributed by atoms with E-state index in [9.17, 15) is 8.42 Å². The number of hydrogen-bond donors (Lipinski definition) is 0. The maximum absolute atomic E-state index is 12.7. The molecular weight excluding hydrogens is 388 g/mol. The van der Waals surface area contributed by atoms with Gasteiger partial charge in [0, 0.05) is 37.2 Å². The molecule has 1 aliphatic heterocycles. The Hall–Kier alpha value is -2.47. The van der Waals surface area contributed by atoms with E-state index < -0.39 is 10.0 Å². The molecule has 0 bridgehead atoms. The van der Waals surface area contributed by atoms with Crippen molar-refractivity contribution in [3.8, 4) is 6.07 Å². The van der Waals surface area contributed by atoms with Gasteiger partial charge in [-0.2, -0.15) is 9.57 Å².